The molecule has 1 rings (SSSR count). The Morgan fingerprint density at radius 2 is 1.79 bits per heavy atom. The van der Waals surface area contributed by atoms with Gasteiger partial charge in [-0.1, -0.05) is 43.4 Å². The van der Waals surface area contributed by atoms with Crippen LogP contribution in [0.1, 0.15) is 44.1 Å². The molecule has 0 saturated carbocycles. The molecule has 0 heterocycles. The molecule has 1 aromatic rings. The summed E-state index contributed by atoms with van der Waals surface area (Å²) in [5, 5.41) is 0.696. The Kier molecular flexibility index (Phi) is 9.14. The molecule has 4 heteroatoms. The minimum atomic E-state index is 0.696. The third-order valence-electron chi connectivity index (χ3n) is 2.97. The van der Waals surface area contributed by atoms with Gasteiger partial charge in [0.15, 0.2) is 0 Å². The van der Waals surface area contributed by atoms with Crippen molar-refractivity contribution in [1.82, 2.24) is 0 Å². The third kappa shape index (κ3) is 7.71. The van der Waals surface area contributed by atoms with Crippen LogP contribution in [0.3, 0.4) is 0 Å². The van der Waals surface area contributed by atoms with Gasteiger partial charge in [-0.15, -0.1) is 0 Å². The topological polar surface area (TPSA) is 29.5 Å². The Hall–Kier alpha value is -0.380. The summed E-state index contributed by atoms with van der Waals surface area (Å²) in [6, 6.07) is 5.88. The van der Waals surface area contributed by atoms with Crippen LogP contribution >= 0.6 is 23.6 Å². The highest BCUT2D eigenvalue weighted by molar-refractivity contribution is 7.93. The molecule has 0 aliphatic heterocycles. The van der Waals surface area contributed by atoms with E-state index in [0.717, 1.165) is 48.6 Å². The lowest BCUT2D eigenvalue weighted by Gasteiger charge is -2.08. The van der Waals surface area contributed by atoms with Gasteiger partial charge in [0.05, 0.1) is 11.6 Å². The molecule has 0 fully saturated rings. The molecule has 2 nitrogen and oxygen atoms in total. The highest BCUT2D eigenvalue weighted by atomic mass is 35.5. The average Bonchev–Trinajstić information content (AvgIpc) is 2.39. The quantitative estimate of drug-likeness (QED) is 0.452. The van der Waals surface area contributed by atoms with Gasteiger partial charge in [0.1, 0.15) is 5.75 Å². The highest BCUT2D eigenvalue weighted by Crippen LogP contribution is 2.25. The molecule has 0 saturated heterocycles. The first kappa shape index (κ1) is 16.7. The van der Waals surface area contributed by atoms with Gasteiger partial charge in [0.25, 0.3) is 0 Å². The van der Waals surface area contributed by atoms with Gasteiger partial charge in [-0.3, -0.25) is 0 Å². The molecule has 19 heavy (non-hydrogen) atoms. The smallest absolute Gasteiger partial charge is 0.137 e. The molecular formula is C15H23ClO2S. The van der Waals surface area contributed by atoms with Crippen molar-refractivity contribution in [3.63, 3.8) is 0 Å². The van der Waals surface area contributed by atoms with E-state index in [0.29, 0.717) is 5.02 Å². The van der Waals surface area contributed by atoms with E-state index in [9.17, 15) is 0 Å². The Morgan fingerprint density at radius 1 is 1.11 bits per heavy atom. The van der Waals surface area contributed by atoms with Gasteiger partial charge in [0, 0.05) is 5.75 Å². The SMILES string of the molecule is Cc1ccc(OCCCCCCCCSO)c(Cl)c1. The molecule has 1 aromatic carbocycles. The van der Waals surface area contributed by atoms with E-state index in [-0.39, 0.29) is 0 Å². The molecule has 0 aromatic heterocycles. The summed E-state index contributed by atoms with van der Waals surface area (Å²) in [5.41, 5.74) is 1.15. The minimum Gasteiger partial charge on any atom is -0.492 e. The first-order valence-electron chi connectivity index (χ1n) is 6.89. The summed E-state index contributed by atoms with van der Waals surface area (Å²) < 4.78 is 14.2. The summed E-state index contributed by atoms with van der Waals surface area (Å²) in [6.45, 7) is 2.75. The predicted molar refractivity (Wildman–Crippen MR) is 84.5 cm³/mol. The number of hydrogen-bond donors (Lipinski definition) is 1. The molecule has 0 aliphatic carbocycles. The van der Waals surface area contributed by atoms with Gasteiger partial charge in [-0.25, -0.2) is 0 Å². The number of rotatable bonds is 10. The fourth-order valence-electron chi connectivity index (χ4n) is 1.88. The second-order valence-corrected chi connectivity index (χ2v) is 5.81. The Labute approximate surface area is 125 Å². The van der Waals surface area contributed by atoms with E-state index >= 15 is 0 Å². The van der Waals surface area contributed by atoms with Crippen molar-refractivity contribution >= 4 is 23.6 Å². The Balaban J connectivity index is 2.01. The predicted octanol–water partition coefficient (Wildman–Crippen LogP) is 5.57. The first-order valence-corrected chi connectivity index (χ1v) is 8.21. The summed E-state index contributed by atoms with van der Waals surface area (Å²) >= 11 is 7.03. The monoisotopic (exact) mass is 302 g/mol. The second-order valence-electron chi connectivity index (χ2n) is 4.74. The van der Waals surface area contributed by atoms with Gasteiger partial charge >= 0.3 is 0 Å². The summed E-state index contributed by atoms with van der Waals surface area (Å²) in [5.74, 6) is 1.64. The Bertz CT molecular complexity index is 358. The molecule has 0 bridgehead atoms. The summed E-state index contributed by atoms with van der Waals surface area (Å²) in [7, 11) is 0. The highest BCUT2D eigenvalue weighted by Gasteiger charge is 2.01. The van der Waals surface area contributed by atoms with Gasteiger partial charge in [0.2, 0.25) is 0 Å². The summed E-state index contributed by atoms with van der Waals surface area (Å²) in [4.78, 5) is 0. The number of halogens is 1. The van der Waals surface area contributed by atoms with Crippen LogP contribution in [0.25, 0.3) is 0 Å². The molecule has 0 amide bonds. The maximum Gasteiger partial charge on any atom is 0.137 e. The van der Waals surface area contributed by atoms with E-state index < -0.39 is 0 Å². The zero-order chi connectivity index (χ0) is 13.9. The lowest BCUT2D eigenvalue weighted by molar-refractivity contribution is 0.304. The molecule has 0 spiro atoms. The van der Waals surface area contributed by atoms with Gasteiger partial charge in [-0.05, 0) is 49.5 Å². The number of ether oxygens (including phenoxy) is 1. The number of benzene rings is 1. The van der Waals surface area contributed by atoms with Crippen LogP contribution in [0.4, 0.5) is 0 Å². The van der Waals surface area contributed by atoms with Crippen LogP contribution in [0.15, 0.2) is 18.2 Å². The fraction of sp³-hybridized carbons (Fsp3) is 0.600. The maximum atomic E-state index is 8.58. The van der Waals surface area contributed by atoms with Crippen LogP contribution in [0.5, 0.6) is 5.75 Å². The van der Waals surface area contributed by atoms with Crippen LogP contribution < -0.4 is 4.74 Å². The van der Waals surface area contributed by atoms with E-state index in [1.165, 1.54) is 25.7 Å². The summed E-state index contributed by atoms with van der Waals surface area (Å²) in [6.07, 6.45) is 7.05. The molecule has 1 N–H and O–H groups in total. The van der Waals surface area contributed by atoms with Crippen molar-refractivity contribution in [2.45, 2.75) is 45.4 Å². The molecule has 108 valence electrons. The zero-order valence-corrected chi connectivity index (χ0v) is 13.1. The molecule has 0 aliphatic rings. The van der Waals surface area contributed by atoms with E-state index in [4.69, 9.17) is 20.9 Å². The zero-order valence-electron chi connectivity index (χ0n) is 11.5. The maximum absolute atomic E-state index is 8.58. The second kappa shape index (κ2) is 10.4. The number of aryl methyl sites for hydroxylation is 1. The first-order chi connectivity index (χ1) is 9.24. The van der Waals surface area contributed by atoms with Crippen LogP contribution in [-0.4, -0.2) is 16.9 Å². The third-order valence-corrected chi connectivity index (χ3v) is 3.74. The number of unbranched alkanes of at least 4 members (excludes halogenated alkanes) is 5. The molecular weight excluding hydrogens is 280 g/mol. The van der Waals surface area contributed by atoms with Gasteiger partial charge in [-0.2, -0.15) is 0 Å². The van der Waals surface area contributed by atoms with Crippen LogP contribution in [-0.2, 0) is 0 Å². The molecule has 0 atom stereocenters. The van der Waals surface area contributed by atoms with E-state index in [1.807, 2.05) is 25.1 Å². The largest absolute Gasteiger partial charge is 0.492 e. The fourth-order valence-corrected chi connectivity index (χ4v) is 2.50. The lowest BCUT2D eigenvalue weighted by atomic mass is 10.1. The Morgan fingerprint density at radius 3 is 2.47 bits per heavy atom. The van der Waals surface area contributed by atoms with Crippen LogP contribution in [0.2, 0.25) is 5.02 Å². The van der Waals surface area contributed by atoms with Crippen molar-refractivity contribution in [2.24, 2.45) is 0 Å². The van der Waals surface area contributed by atoms with Crippen molar-refractivity contribution in [3.8, 4) is 5.75 Å². The standard InChI is InChI=1S/C15H23ClO2S/c1-13-8-9-15(14(16)12-13)18-10-6-4-2-3-5-7-11-19-17/h8-9,12,17H,2-7,10-11H2,1H3. The van der Waals surface area contributed by atoms with Crippen molar-refractivity contribution < 1.29 is 9.29 Å². The molecule has 0 unspecified atom stereocenters. The van der Waals surface area contributed by atoms with Crippen LogP contribution in [0, 0.1) is 6.92 Å². The minimum absolute atomic E-state index is 0.696. The van der Waals surface area contributed by atoms with Crippen molar-refractivity contribution in [2.75, 3.05) is 12.4 Å². The normalized spacial score (nSPS) is 10.7. The molecule has 0 radical (unpaired) electrons. The van der Waals surface area contributed by atoms with E-state index in [2.05, 4.69) is 0 Å². The van der Waals surface area contributed by atoms with Crippen molar-refractivity contribution in [1.29, 1.82) is 0 Å². The number of hydrogen-bond acceptors (Lipinski definition) is 3. The lowest BCUT2D eigenvalue weighted by Crippen LogP contribution is -1.98. The van der Waals surface area contributed by atoms with Gasteiger partial charge < -0.3 is 9.29 Å². The average molecular weight is 303 g/mol. The van der Waals surface area contributed by atoms with Crippen molar-refractivity contribution in [3.05, 3.63) is 28.8 Å². The van der Waals surface area contributed by atoms with E-state index in [1.54, 1.807) is 0 Å².